The normalized spacial score (nSPS) is 14.7. The van der Waals surface area contributed by atoms with E-state index in [9.17, 15) is 4.79 Å². The van der Waals surface area contributed by atoms with Crippen molar-refractivity contribution >= 4 is 46.0 Å². The first-order valence-electron chi connectivity index (χ1n) is 6.38. The summed E-state index contributed by atoms with van der Waals surface area (Å²) in [6.45, 7) is 0.769. The van der Waals surface area contributed by atoms with Crippen molar-refractivity contribution in [2.24, 2.45) is 0 Å². The Bertz CT molecular complexity index is 476. The van der Waals surface area contributed by atoms with Gasteiger partial charge in [-0.15, -0.1) is 0 Å². The molecule has 1 heterocycles. The number of ether oxygens (including phenoxy) is 1. The lowest BCUT2D eigenvalue weighted by molar-refractivity contribution is -0.126. The summed E-state index contributed by atoms with van der Waals surface area (Å²) in [5.41, 5.74) is 1.25. The molecular formula is C14H17NO2S3. The highest BCUT2D eigenvalue weighted by Crippen LogP contribution is 2.20. The van der Waals surface area contributed by atoms with E-state index in [4.69, 9.17) is 17.0 Å². The minimum Gasteiger partial charge on any atom is -0.497 e. The second kappa shape index (κ2) is 7.90. The number of carbonyl (C=O) groups excluding carboxylic acids is 1. The third-order valence-corrected chi connectivity index (χ3v) is 5.41. The zero-order valence-corrected chi connectivity index (χ0v) is 13.8. The van der Waals surface area contributed by atoms with Crippen LogP contribution in [0, 0.1) is 0 Å². The minimum atomic E-state index is 0.155. The number of nitrogens with zero attached hydrogens (tertiary/aromatic N) is 1. The maximum atomic E-state index is 11.9. The van der Waals surface area contributed by atoms with E-state index in [1.807, 2.05) is 12.1 Å². The third kappa shape index (κ3) is 4.40. The van der Waals surface area contributed by atoms with Crippen molar-refractivity contribution < 1.29 is 9.53 Å². The molecule has 1 aromatic carbocycles. The molecular weight excluding hydrogens is 310 g/mol. The second-order valence-electron chi connectivity index (χ2n) is 4.31. The molecule has 0 saturated carbocycles. The number of amides is 1. The van der Waals surface area contributed by atoms with Crippen LogP contribution in [0.15, 0.2) is 24.3 Å². The van der Waals surface area contributed by atoms with Gasteiger partial charge in [-0.1, -0.05) is 36.1 Å². The fraction of sp³-hybridized carbons (Fsp3) is 0.429. The van der Waals surface area contributed by atoms with Gasteiger partial charge in [0.05, 0.1) is 7.11 Å². The van der Waals surface area contributed by atoms with Gasteiger partial charge < -0.3 is 4.74 Å². The molecule has 0 spiro atoms. The van der Waals surface area contributed by atoms with Gasteiger partial charge in [0.25, 0.3) is 0 Å². The molecule has 0 N–H and O–H groups in total. The molecule has 0 bridgehead atoms. The van der Waals surface area contributed by atoms with Crippen molar-refractivity contribution in [2.75, 3.05) is 25.2 Å². The lowest BCUT2D eigenvalue weighted by Gasteiger charge is -2.14. The Labute approximate surface area is 133 Å². The monoisotopic (exact) mass is 327 g/mol. The third-order valence-electron chi connectivity index (χ3n) is 2.95. The summed E-state index contributed by atoms with van der Waals surface area (Å²) < 4.78 is 5.85. The number of hydrogen-bond acceptors (Lipinski definition) is 5. The van der Waals surface area contributed by atoms with E-state index < -0.39 is 0 Å². The van der Waals surface area contributed by atoms with E-state index in [0.717, 1.165) is 33.9 Å². The topological polar surface area (TPSA) is 29.5 Å². The summed E-state index contributed by atoms with van der Waals surface area (Å²) in [6, 6.07) is 8.03. The molecule has 108 valence electrons. The van der Waals surface area contributed by atoms with Gasteiger partial charge in [-0.3, -0.25) is 9.69 Å². The van der Waals surface area contributed by atoms with Crippen molar-refractivity contribution in [1.29, 1.82) is 0 Å². The molecule has 0 aromatic heterocycles. The van der Waals surface area contributed by atoms with Crippen molar-refractivity contribution in [2.45, 2.75) is 12.2 Å². The van der Waals surface area contributed by atoms with Crippen LogP contribution in [-0.4, -0.2) is 40.3 Å². The zero-order chi connectivity index (χ0) is 14.4. The number of hydrogen-bond donors (Lipinski definition) is 0. The van der Waals surface area contributed by atoms with E-state index in [1.165, 1.54) is 5.56 Å². The SMILES string of the molecule is COc1ccc(CSCCC(=O)N2CCSC2=S)cc1. The van der Waals surface area contributed by atoms with Crippen LogP contribution >= 0.6 is 35.7 Å². The number of methoxy groups -OCH3 is 1. The number of thiocarbonyl (C=S) groups is 1. The molecule has 1 fully saturated rings. The average molecular weight is 327 g/mol. The molecule has 0 aliphatic carbocycles. The quantitative estimate of drug-likeness (QED) is 0.591. The number of rotatable bonds is 6. The number of thioether (sulfide) groups is 2. The number of benzene rings is 1. The zero-order valence-electron chi connectivity index (χ0n) is 11.3. The Morgan fingerprint density at radius 3 is 2.80 bits per heavy atom. The van der Waals surface area contributed by atoms with Gasteiger partial charge in [-0.2, -0.15) is 11.8 Å². The van der Waals surface area contributed by atoms with Gasteiger partial charge in [-0.05, 0) is 17.7 Å². The standard InChI is InChI=1S/C14H17NO2S3/c1-17-12-4-2-11(3-5-12)10-19-8-6-13(16)15-7-9-20-14(15)18/h2-5H,6-10H2,1H3. The van der Waals surface area contributed by atoms with Crippen molar-refractivity contribution in [3.63, 3.8) is 0 Å². The largest absolute Gasteiger partial charge is 0.497 e. The lowest BCUT2D eigenvalue weighted by Crippen LogP contribution is -2.30. The molecule has 1 aliphatic rings. The van der Waals surface area contributed by atoms with Crippen molar-refractivity contribution in [3.8, 4) is 5.75 Å². The highest BCUT2D eigenvalue weighted by molar-refractivity contribution is 8.23. The summed E-state index contributed by atoms with van der Waals surface area (Å²) in [7, 11) is 1.66. The van der Waals surface area contributed by atoms with Crippen LogP contribution in [0.3, 0.4) is 0 Å². The molecule has 3 nitrogen and oxygen atoms in total. The van der Waals surface area contributed by atoms with Crippen LogP contribution in [-0.2, 0) is 10.5 Å². The van der Waals surface area contributed by atoms with Gasteiger partial charge >= 0.3 is 0 Å². The van der Waals surface area contributed by atoms with Gasteiger partial charge in [-0.25, -0.2) is 0 Å². The maximum Gasteiger partial charge on any atom is 0.228 e. The van der Waals surface area contributed by atoms with Gasteiger partial charge in [0.1, 0.15) is 10.1 Å². The van der Waals surface area contributed by atoms with Crippen LogP contribution in [0.1, 0.15) is 12.0 Å². The fourth-order valence-electron chi connectivity index (χ4n) is 1.83. The lowest BCUT2D eigenvalue weighted by atomic mass is 10.2. The van der Waals surface area contributed by atoms with Crippen molar-refractivity contribution in [3.05, 3.63) is 29.8 Å². The number of carbonyl (C=O) groups is 1. The maximum absolute atomic E-state index is 11.9. The molecule has 2 rings (SSSR count). The van der Waals surface area contributed by atoms with Crippen LogP contribution < -0.4 is 4.74 Å². The van der Waals surface area contributed by atoms with Gasteiger partial charge in [0.2, 0.25) is 5.91 Å². The summed E-state index contributed by atoms with van der Waals surface area (Å²) in [4.78, 5) is 13.7. The summed E-state index contributed by atoms with van der Waals surface area (Å²) >= 11 is 8.51. The molecule has 1 amide bonds. The molecule has 0 radical (unpaired) electrons. The van der Waals surface area contributed by atoms with E-state index in [0.29, 0.717) is 6.42 Å². The van der Waals surface area contributed by atoms with Gasteiger partial charge in [0, 0.05) is 30.2 Å². The second-order valence-corrected chi connectivity index (χ2v) is 7.14. The predicted molar refractivity (Wildman–Crippen MR) is 90.5 cm³/mol. The van der Waals surface area contributed by atoms with Gasteiger partial charge in [0.15, 0.2) is 0 Å². The highest BCUT2D eigenvalue weighted by Gasteiger charge is 2.23. The minimum absolute atomic E-state index is 0.155. The Morgan fingerprint density at radius 2 is 2.20 bits per heavy atom. The van der Waals surface area contributed by atoms with Crippen molar-refractivity contribution in [1.82, 2.24) is 4.90 Å². The smallest absolute Gasteiger partial charge is 0.228 e. The predicted octanol–water partition coefficient (Wildman–Crippen LogP) is 3.18. The summed E-state index contributed by atoms with van der Waals surface area (Å²) in [6.07, 6.45) is 0.557. The van der Waals surface area contributed by atoms with Crippen LogP contribution in [0.25, 0.3) is 0 Å². The first-order valence-corrected chi connectivity index (χ1v) is 8.93. The fourth-order valence-corrected chi connectivity index (χ4v) is 3.96. The van der Waals surface area contributed by atoms with E-state index >= 15 is 0 Å². The molecule has 1 aromatic rings. The first-order chi connectivity index (χ1) is 9.70. The van der Waals surface area contributed by atoms with Crippen LogP contribution in [0.5, 0.6) is 5.75 Å². The average Bonchev–Trinajstić information content (AvgIpc) is 2.90. The molecule has 0 unspecified atom stereocenters. The Balaban J connectivity index is 1.68. The Kier molecular flexibility index (Phi) is 6.19. The molecule has 1 saturated heterocycles. The Morgan fingerprint density at radius 1 is 1.45 bits per heavy atom. The summed E-state index contributed by atoms with van der Waals surface area (Å²) in [5.74, 6) is 3.70. The molecule has 0 atom stereocenters. The van der Waals surface area contributed by atoms with E-state index in [1.54, 1.807) is 35.5 Å². The van der Waals surface area contributed by atoms with E-state index in [-0.39, 0.29) is 5.91 Å². The molecule has 1 aliphatic heterocycles. The molecule has 20 heavy (non-hydrogen) atoms. The van der Waals surface area contributed by atoms with E-state index in [2.05, 4.69) is 12.1 Å². The Hall–Kier alpha value is -0.720. The summed E-state index contributed by atoms with van der Waals surface area (Å²) in [5, 5.41) is 0. The highest BCUT2D eigenvalue weighted by atomic mass is 32.2. The molecule has 6 heteroatoms. The first kappa shape index (κ1) is 15.7. The van der Waals surface area contributed by atoms with Crippen LogP contribution in [0.2, 0.25) is 0 Å². The van der Waals surface area contributed by atoms with Crippen LogP contribution in [0.4, 0.5) is 0 Å².